The first-order valence-electron chi connectivity index (χ1n) is 7.96. The van der Waals surface area contributed by atoms with Crippen molar-refractivity contribution in [3.05, 3.63) is 64.1 Å². The van der Waals surface area contributed by atoms with E-state index in [2.05, 4.69) is 45.2 Å². The molecular formula is C18H12I2N2O4S2. The number of thioether (sulfide) groups is 1. The Morgan fingerprint density at radius 1 is 1.32 bits per heavy atom. The van der Waals surface area contributed by atoms with E-state index in [1.54, 1.807) is 12.1 Å². The van der Waals surface area contributed by atoms with Gasteiger partial charge in [0.25, 0.3) is 11.6 Å². The molecule has 0 unspecified atom stereocenters. The Kier molecular flexibility index (Phi) is 6.94. The molecule has 2 aromatic rings. The van der Waals surface area contributed by atoms with Gasteiger partial charge in [-0.25, -0.2) is 0 Å². The monoisotopic (exact) mass is 638 g/mol. The molecule has 0 radical (unpaired) electrons. The second-order valence-corrected chi connectivity index (χ2v) is 9.62. The number of rotatable bonds is 5. The van der Waals surface area contributed by atoms with Crippen LogP contribution in [0.4, 0.5) is 11.4 Å². The molecule has 144 valence electrons. The summed E-state index contributed by atoms with van der Waals surface area (Å²) < 4.78 is 8.05. The van der Waals surface area contributed by atoms with Crippen LogP contribution in [0.25, 0.3) is 6.08 Å². The Bertz CT molecular complexity index is 1030. The lowest BCUT2D eigenvalue weighted by atomic mass is 10.2. The van der Waals surface area contributed by atoms with Crippen molar-refractivity contribution in [2.24, 2.45) is 0 Å². The van der Waals surface area contributed by atoms with Crippen molar-refractivity contribution in [3.8, 4) is 5.75 Å². The van der Waals surface area contributed by atoms with Gasteiger partial charge < -0.3 is 4.74 Å². The van der Waals surface area contributed by atoms with Crippen LogP contribution in [0.2, 0.25) is 0 Å². The van der Waals surface area contributed by atoms with Crippen molar-refractivity contribution in [2.45, 2.75) is 6.92 Å². The predicted molar refractivity (Wildman–Crippen MR) is 132 cm³/mol. The number of carbonyl (C=O) groups is 1. The molecule has 28 heavy (non-hydrogen) atoms. The minimum atomic E-state index is -0.501. The van der Waals surface area contributed by atoms with E-state index in [9.17, 15) is 14.9 Å². The Morgan fingerprint density at radius 3 is 2.75 bits per heavy atom. The lowest BCUT2D eigenvalue weighted by Crippen LogP contribution is -2.27. The predicted octanol–water partition coefficient (Wildman–Crippen LogP) is 5.61. The maximum absolute atomic E-state index is 13.0. The standard InChI is InChI=1S/C18H12I2N2O4S2/c1-2-26-16-10(6-11(19)8-14(16)20)7-15-17(23)21(18(27)28-15)12-4-3-5-13(9-12)22(24)25/h3-9H,2H2,1H3/b15-7-. The third-order valence-corrected chi connectivity index (χ3v) is 6.43. The van der Waals surface area contributed by atoms with Gasteiger partial charge in [0.15, 0.2) is 4.32 Å². The fourth-order valence-corrected chi connectivity index (χ4v) is 5.90. The number of amides is 1. The van der Waals surface area contributed by atoms with E-state index in [1.807, 2.05) is 19.1 Å². The summed E-state index contributed by atoms with van der Waals surface area (Å²) in [6.45, 7) is 2.41. The summed E-state index contributed by atoms with van der Waals surface area (Å²) in [4.78, 5) is 25.3. The molecule has 10 heteroatoms. The molecule has 1 aliphatic rings. The van der Waals surface area contributed by atoms with Gasteiger partial charge in [-0.15, -0.1) is 0 Å². The van der Waals surface area contributed by atoms with Crippen LogP contribution in [-0.2, 0) is 4.79 Å². The molecule has 1 fully saturated rings. The van der Waals surface area contributed by atoms with Crippen LogP contribution >= 0.6 is 69.2 Å². The SMILES string of the molecule is CCOc1c(I)cc(I)cc1/C=C1\SC(=S)N(c2cccc([N+](=O)[O-])c2)C1=O. The topological polar surface area (TPSA) is 72.7 Å². The minimum Gasteiger partial charge on any atom is -0.492 e. The second-order valence-electron chi connectivity index (χ2n) is 5.53. The van der Waals surface area contributed by atoms with Crippen molar-refractivity contribution in [3.63, 3.8) is 0 Å². The second kappa shape index (κ2) is 9.05. The molecule has 3 rings (SSSR count). The molecule has 1 saturated heterocycles. The summed E-state index contributed by atoms with van der Waals surface area (Å²) >= 11 is 10.9. The highest BCUT2D eigenvalue weighted by atomic mass is 127. The highest BCUT2D eigenvalue weighted by Crippen LogP contribution is 2.39. The number of non-ortho nitro benzene ring substituents is 1. The van der Waals surface area contributed by atoms with Gasteiger partial charge >= 0.3 is 0 Å². The van der Waals surface area contributed by atoms with Crippen LogP contribution in [-0.4, -0.2) is 21.8 Å². The fraction of sp³-hybridized carbons (Fsp3) is 0.111. The number of hydrogen-bond acceptors (Lipinski definition) is 6. The average molecular weight is 638 g/mol. The van der Waals surface area contributed by atoms with Gasteiger partial charge in [-0.1, -0.05) is 30.0 Å². The van der Waals surface area contributed by atoms with E-state index in [0.29, 0.717) is 27.3 Å². The fourth-order valence-electron chi connectivity index (χ4n) is 2.56. The molecule has 1 heterocycles. The van der Waals surface area contributed by atoms with E-state index < -0.39 is 4.92 Å². The minimum absolute atomic E-state index is 0.0960. The molecular weight excluding hydrogens is 626 g/mol. The first-order valence-corrected chi connectivity index (χ1v) is 11.3. The Morgan fingerprint density at radius 2 is 2.07 bits per heavy atom. The smallest absolute Gasteiger partial charge is 0.271 e. The lowest BCUT2D eigenvalue weighted by Gasteiger charge is -2.14. The number of anilines is 1. The van der Waals surface area contributed by atoms with Crippen molar-refractivity contribution in [1.29, 1.82) is 0 Å². The molecule has 0 bridgehead atoms. The molecule has 0 aromatic heterocycles. The molecule has 0 atom stereocenters. The molecule has 1 amide bonds. The number of halogens is 2. The zero-order valence-corrected chi connectivity index (χ0v) is 20.3. The summed E-state index contributed by atoms with van der Waals surface area (Å²) in [6, 6.07) is 9.81. The molecule has 6 nitrogen and oxygen atoms in total. The molecule has 0 saturated carbocycles. The number of carbonyl (C=O) groups excluding carboxylic acids is 1. The number of ether oxygens (including phenoxy) is 1. The van der Waals surface area contributed by atoms with Crippen molar-refractivity contribution < 1.29 is 14.5 Å². The van der Waals surface area contributed by atoms with Crippen LogP contribution < -0.4 is 9.64 Å². The summed E-state index contributed by atoms with van der Waals surface area (Å²) in [6.07, 6.45) is 1.76. The number of benzene rings is 2. The quantitative estimate of drug-likeness (QED) is 0.140. The van der Waals surface area contributed by atoms with Gasteiger partial charge in [0.2, 0.25) is 0 Å². The van der Waals surface area contributed by atoms with Gasteiger partial charge in [-0.2, -0.15) is 0 Å². The first-order chi connectivity index (χ1) is 13.3. The molecule has 0 N–H and O–H groups in total. The third kappa shape index (κ3) is 4.49. The highest BCUT2D eigenvalue weighted by molar-refractivity contribution is 14.1. The summed E-state index contributed by atoms with van der Waals surface area (Å²) in [5.41, 5.74) is 1.07. The largest absolute Gasteiger partial charge is 0.492 e. The Hall–Kier alpha value is -1.25. The van der Waals surface area contributed by atoms with Crippen molar-refractivity contribution >= 4 is 96.8 Å². The summed E-state index contributed by atoms with van der Waals surface area (Å²) in [7, 11) is 0. The van der Waals surface area contributed by atoms with Crippen molar-refractivity contribution in [1.82, 2.24) is 0 Å². The normalized spacial score (nSPS) is 15.4. The average Bonchev–Trinajstić information content (AvgIpc) is 2.91. The van der Waals surface area contributed by atoms with E-state index >= 15 is 0 Å². The number of nitrogens with zero attached hydrogens (tertiary/aromatic N) is 2. The first kappa shape index (κ1) is 21.5. The van der Waals surface area contributed by atoms with E-state index in [0.717, 1.165) is 24.5 Å². The van der Waals surface area contributed by atoms with E-state index in [-0.39, 0.29) is 11.6 Å². The lowest BCUT2D eigenvalue weighted by molar-refractivity contribution is -0.384. The summed E-state index contributed by atoms with van der Waals surface area (Å²) in [5.74, 6) is 0.399. The molecule has 0 aliphatic carbocycles. The van der Waals surface area contributed by atoms with Gasteiger partial charge in [-0.3, -0.25) is 19.8 Å². The molecule has 2 aromatic carbocycles. The molecule has 0 spiro atoms. The zero-order chi connectivity index (χ0) is 20.4. The molecule has 1 aliphatic heterocycles. The third-order valence-electron chi connectivity index (χ3n) is 3.70. The number of thiocarbonyl (C=S) groups is 1. The van der Waals surface area contributed by atoms with E-state index in [1.165, 1.54) is 23.1 Å². The van der Waals surface area contributed by atoms with Crippen LogP contribution in [0.1, 0.15) is 12.5 Å². The maximum Gasteiger partial charge on any atom is 0.271 e. The van der Waals surface area contributed by atoms with Crippen LogP contribution in [0, 0.1) is 17.3 Å². The van der Waals surface area contributed by atoms with Gasteiger partial charge in [0.1, 0.15) is 5.75 Å². The van der Waals surface area contributed by atoms with Gasteiger partial charge in [-0.05, 0) is 76.4 Å². The van der Waals surface area contributed by atoms with Gasteiger partial charge in [0, 0.05) is 21.3 Å². The zero-order valence-electron chi connectivity index (χ0n) is 14.3. The van der Waals surface area contributed by atoms with Crippen LogP contribution in [0.3, 0.4) is 0 Å². The maximum atomic E-state index is 13.0. The van der Waals surface area contributed by atoms with Crippen molar-refractivity contribution in [2.75, 3.05) is 11.5 Å². The summed E-state index contributed by atoms with van der Waals surface area (Å²) in [5, 5.41) is 11.0. The van der Waals surface area contributed by atoms with Crippen LogP contribution in [0.15, 0.2) is 41.3 Å². The number of nitro groups is 1. The Balaban J connectivity index is 2.01. The Labute approximate surface area is 198 Å². The number of hydrogen-bond donors (Lipinski definition) is 0. The highest BCUT2D eigenvalue weighted by Gasteiger charge is 2.34. The van der Waals surface area contributed by atoms with E-state index in [4.69, 9.17) is 17.0 Å². The van der Waals surface area contributed by atoms with Crippen LogP contribution in [0.5, 0.6) is 5.75 Å². The number of nitro benzene ring substituents is 1. The van der Waals surface area contributed by atoms with Gasteiger partial charge in [0.05, 0.1) is 25.7 Å².